The molecule has 0 saturated heterocycles. The number of carboxylic acid groups (broad SMARTS) is 1. The van der Waals surface area contributed by atoms with Crippen molar-refractivity contribution in [2.75, 3.05) is 5.32 Å². The van der Waals surface area contributed by atoms with Gasteiger partial charge in [-0.3, -0.25) is 4.79 Å². The molecule has 0 spiro atoms. The van der Waals surface area contributed by atoms with E-state index < -0.39 is 5.97 Å². The molecule has 0 bridgehead atoms. The molecule has 0 unspecified atom stereocenters. The van der Waals surface area contributed by atoms with Gasteiger partial charge in [-0.05, 0) is 37.5 Å². The van der Waals surface area contributed by atoms with E-state index in [4.69, 9.17) is 5.11 Å². The van der Waals surface area contributed by atoms with Gasteiger partial charge in [0.15, 0.2) is 0 Å². The number of nitrogens with one attached hydrogen (secondary N) is 1. The summed E-state index contributed by atoms with van der Waals surface area (Å²) in [6.45, 7) is 3.86. The van der Waals surface area contributed by atoms with Gasteiger partial charge in [0.05, 0.1) is 5.56 Å². The quantitative estimate of drug-likeness (QED) is 0.885. The van der Waals surface area contributed by atoms with E-state index in [1.165, 1.54) is 12.5 Å². The van der Waals surface area contributed by atoms with Crippen LogP contribution in [0.3, 0.4) is 0 Å². The monoisotopic (exact) mass is 275 g/mol. The summed E-state index contributed by atoms with van der Waals surface area (Å²) in [5.41, 5.74) is 1.34. The first-order chi connectivity index (χ1) is 9.42. The minimum Gasteiger partial charge on any atom is -0.478 e. The smallest absolute Gasteiger partial charge is 0.335 e. The highest BCUT2D eigenvalue weighted by atomic mass is 16.4. The number of amides is 1. The van der Waals surface area contributed by atoms with Gasteiger partial charge in [0.25, 0.3) is 0 Å². The molecule has 1 aliphatic carbocycles. The van der Waals surface area contributed by atoms with Crippen molar-refractivity contribution in [2.45, 2.75) is 46.0 Å². The minimum atomic E-state index is -0.982. The number of carbonyl (C=O) groups excluding carboxylic acids is 1. The molecule has 0 atom stereocenters. The molecule has 1 aliphatic rings. The number of aromatic carboxylic acids is 1. The third kappa shape index (κ3) is 3.00. The first-order valence-corrected chi connectivity index (χ1v) is 7.08. The van der Waals surface area contributed by atoms with Crippen LogP contribution in [0.25, 0.3) is 0 Å². The zero-order chi connectivity index (χ0) is 14.8. The van der Waals surface area contributed by atoms with Crippen molar-refractivity contribution in [3.8, 4) is 0 Å². The van der Waals surface area contributed by atoms with Crippen LogP contribution in [0.2, 0.25) is 0 Å². The third-order valence-corrected chi connectivity index (χ3v) is 4.24. The van der Waals surface area contributed by atoms with Crippen LogP contribution in [-0.2, 0) is 4.79 Å². The molecular weight excluding hydrogens is 254 g/mol. The molecule has 108 valence electrons. The Morgan fingerprint density at radius 3 is 2.45 bits per heavy atom. The standard InChI is InChI=1S/C16H21NO3/c1-11-6-7-12(14(18)19)10-13(11)17-15(20)16(2)8-4-3-5-9-16/h6-7,10H,3-5,8-9H2,1-2H3,(H,17,20)(H,18,19). The van der Waals surface area contributed by atoms with Gasteiger partial charge in [-0.1, -0.05) is 32.3 Å². The number of hydrogen-bond acceptors (Lipinski definition) is 2. The molecule has 4 heteroatoms. The highest BCUT2D eigenvalue weighted by Crippen LogP contribution is 2.37. The largest absolute Gasteiger partial charge is 0.478 e. The van der Waals surface area contributed by atoms with Gasteiger partial charge >= 0.3 is 5.97 Å². The van der Waals surface area contributed by atoms with E-state index in [9.17, 15) is 9.59 Å². The second kappa shape index (κ2) is 5.65. The summed E-state index contributed by atoms with van der Waals surface area (Å²) in [6.07, 6.45) is 5.15. The van der Waals surface area contributed by atoms with Crippen molar-refractivity contribution >= 4 is 17.6 Å². The average Bonchev–Trinajstić information content (AvgIpc) is 2.41. The van der Waals surface area contributed by atoms with E-state index in [2.05, 4.69) is 5.32 Å². The van der Waals surface area contributed by atoms with Crippen LogP contribution in [0.15, 0.2) is 18.2 Å². The molecule has 1 saturated carbocycles. The predicted octanol–water partition coefficient (Wildman–Crippen LogP) is 3.60. The van der Waals surface area contributed by atoms with Crippen molar-refractivity contribution in [3.63, 3.8) is 0 Å². The molecule has 0 heterocycles. The van der Waals surface area contributed by atoms with Crippen molar-refractivity contribution < 1.29 is 14.7 Å². The van der Waals surface area contributed by atoms with Gasteiger partial charge in [-0.2, -0.15) is 0 Å². The molecule has 0 radical (unpaired) electrons. The minimum absolute atomic E-state index is 0.00263. The van der Waals surface area contributed by atoms with Gasteiger partial charge in [-0.25, -0.2) is 4.79 Å². The van der Waals surface area contributed by atoms with Gasteiger partial charge < -0.3 is 10.4 Å². The Balaban J connectivity index is 2.18. The van der Waals surface area contributed by atoms with E-state index >= 15 is 0 Å². The maximum absolute atomic E-state index is 12.5. The number of carboxylic acids is 1. The summed E-state index contributed by atoms with van der Waals surface area (Å²) >= 11 is 0. The lowest BCUT2D eigenvalue weighted by molar-refractivity contribution is -0.126. The van der Waals surface area contributed by atoms with E-state index in [-0.39, 0.29) is 16.9 Å². The van der Waals surface area contributed by atoms with Gasteiger partial charge in [0.1, 0.15) is 0 Å². The highest BCUT2D eigenvalue weighted by Gasteiger charge is 2.34. The Morgan fingerprint density at radius 2 is 1.85 bits per heavy atom. The maximum atomic E-state index is 12.5. The van der Waals surface area contributed by atoms with Crippen molar-refractivity contribution in [1.82, 2.24) is 0 Å². The van der Waals surface area contributed by atoms with E-state index in [0.29, 0.717) is 5.69 Å². The zero-order valence-electron chi connectivity index (χ0n) is 12.0. The summed E-state index contributed by atoms with van der Waals surface area (Å²) in [5, 5.41) is 11.9. The SMILES string of the molecule is Cc1ccc(C(=O)O)cc1NC(=O)C1(C)CCCCC1. The lowest BCUT2D eigenvalue weighted by atomic mass is 9.75. The number of benzene rings is 1. The molecule has 1 aromatic rings. The Kier molecular flexibility index (Phi) is 4.12. The van der Waals surface area contributed by atoms with E-state index in [1.807, 2.05) is 13.8 Å². The van der Waals surface area contributed by atoms with Crippen LogP contribution in [0, 0.1) is 12.3 Å². The van der Waals surface area contributed by atoms with Crippen molar-refractivity contribution in [2.24, 2.45) is 5.41 Å². The van der Waals surface area contributed by atoms with Crippen LogP contribution in [0.5, 0.6) is 0 Å². The summed E-state index contributed by atoms with van der Waals surface area (Å²) < 4.78 is 0. The van der Waals surface area contributed by atoms with E-state index in [1.54, 1.807) is 12.1 Å². The second-order valence-electron chi connectivity index (χ2n) is 5.91. The number of rotatable bonds is 3. The Bertz CT molecular complexity index is 531. The fourth-order valence-corrected chi connectivity index (χ4v) is 2.72. The molecular formula is C16H21NO3. The number of hydrogen-bond donors (Lipinski definition) is 2. The van der Waals surface area contributed by atoms with Crippen LogP contribution < -0.4 is 5.32 Å². The Hall–Kier alpha value is -1.84. The normalized spacial score (nSPS) is 17.5. The number of carbonyl (C=O) groups is 2. The number of aryl methyl sites for hydroxylation is 1. The highest BCUT2D eigenvalue weighted by molar-refractivity contribution is 5.97. The number of anilines is 1. The van der Waals surface area contributed by atoms with Crippen LogP contribution in [0.4, 0.5) is 5.69 Å². The molecule has 4 nitrogen and oxygen atoms in total. The van der Waals surface area contributed by atoms with Crippen molar-refractivity contribution in [3.05, 3.63) is 29.3 Å². The molecule has 1 amide bonds. The first kappa shape index (κ1) is 14.6. The van der Waals surface area contributed by atoms with Gasteiger partial charge in [-0.15, -0.1) is 0 Å². The molecule has 2 N–H and O–H groups in total. The average molecular weight is 275 g/mol. The fraction of sp³-hybridized carbons (Fsp3) is 0.500. The molecule has 0 aromatic heterocycles. The Morgan fingerprint density at radius 1 is 1.20 bits per heavy atom. The van der Waals surface area contributed by atoms with Gasteiger partial charge in [0, 0.05) is 11.1 Å². The van der Waals surface area contributed by atoms with Crippen molar-refractivity contribution in [1.29, 1.82) is 0 Å². The lowest BCUT2D eigenvalue weighted by Crippen LogP contribution is -2.35. The fourth-order valence-electron chi connectivity index (χ4n) is 2.72. The topological polar surface area (TPSA) is 66.4 Å². The van der Waals surface area contributed by atoms with Crippen LogP contribution in [0.1, 0.15) is 54.9 Å². The molecule has 2 rings (SSSR count). The zero-order valence-corrected chi connectivity index (χ0v) is 12.0. The second-order valence-corrected chi connectivity index (χ2v) is 5.91. The molecule has 0 aliphatic heterocycles. The van der Waals surface area contributed by atoms with Crippen LogP contribution in [-0.4, -0.2) is 17.0 Å². The summed E-state index contributed by atoms with van der Waals surface area (Å²) in [6, 6.07) is 4.81. The maximum Gasteiger partial charge on any atom is 0.335 e. The summed E-state index contributed by atoms with van der Waals surface area (Å²) in [7, 11) is 0. The first-order valence-electron chi connectivity index (χ1n) is 7.08. The molecule has 1 aromatic carbocycles. The molecule has 20 heavy (non-hydrogen) atoms. The summed E-state index contributed by atoms with van der Waals surface area (Å²) in [4.78, 5) is 23.5. The summed E-state index contributed by atoms with van der Waals surface area (Å²) in [5.74, 6) is -0.979. The Labute approximate surface area is 119 Å². The molecule has 1 fully saturated rings. The lowest BCUT2D eigenvalue weighted by Gasteiger charge is -2.32. The predicted molar refractivity (Wildman–Crippen MR) is 78.0 cm³/mol. The van der Waals surface area contributed by atoms with E-state index in [0.717, 1.165) is 31.2 Å². The van der Waals surface area contributed by atoms with Gasteiger partial charge in [0.2, 0.25) is 5.91 Å². The van der Waals surface area contributed by atoms with Crippen LogP contribution >= 0.6 is 0 Å². The third-order valence-electron chi connectivity index (χ3n) is 4.24.